The number of benzene rings is 1. The molecule has 1 aromatic rings. The van der Waals surface area contributed by atoms with Crippen molar-refractivity contribution in [2.75, 3.05) is 20.2 Å². The Morgan fingerprint density at radius 2 is 1.96 bits per heavy atom. The van der Waals surface area contributed by atoms with Gasteiger partial charge in [0, 0.05) is 17.6 Å². The fourth-order valence-corrected chi connectivity index (χ4v) is 4.22. The summed E-state index contributed by atoms with van der Waals surface area (Å²) in [4.78, 5) is 7.94. The molecule has 0 bridgehead atoms. The van der Waals surface area contributed by atoms with Crippen LogP contribution in [0.2, 0.25) is 5.02 Å². The zero-order valence-electron chi connectivity index (χ0n) is 16.9. The molecule has 0 spiro atoms. The van der Waals surface area contributed by atoms with E-state index in [9.17, 15) is 5.11 Å². The third-order valence-electron chi connectivity index (χ3n) is 5.71. The third kappa shape index (κ3) is 6.63. The molecule has 5 heteroatoms. The molecular weight excluding hydrogens is 372 g/mol. The van der Waals surface area contributed by atoms with Crippen LogP contribution in [0.3, 0.4) is 0 Å². The van der Waals surface area contributed by atoms with Crippen molar-refractivity contribution in [3.05, 3.63) is 52.2 Å². The van der Waals surface area contributed by atoms with Crippen LogP contribution in [0.1, 0.15) is 56.9 Å². The number of likely N-dealkylation sites (N-methyl/N-ethyl adjacent to an activating group) is 1. The standard InChI is InChI=1S/C23H33ClN2O2/c1-26(21-8-3-2-4-9-21)16-22(27)17-28-25-23-10-6-5-7-19(23)15-18-11-13-20(24)14-12-18/h10-15,21-22,25,27H,2-9,16-17H2,1H3/t22-/m0/s1. The molecule has 28 heavy (non-hydrogen) atoms. The number of nitrogens with one attached hydrogen (secondary N) is 1. The topological polar surface area (TPSA) is 44.7 Å². The number of hydrogen-bond acceptors (Lipinski definition) is 4. The summed E-state index contributed by atoms with van der Waals surface area (Å²) in [6.45, 7) is 0.932. The van der Waals surface area contributed by atoms with Crippen molar-refractivity contribution < 1.29 is 9.94 Å². The number of aliphatic hydroxyl groups excluding tert-OH is 1. The van der Waals surface area contributed by atoms with Crippen molar-refractivity contribution in [1.29, 1.82) is 0 Å². The van der Waals surface area contributed by atoms with Crippen molar-refractivity contribution >= 4 is 17.7 Å². The zero-order chi connectivity index (χ0) is 19.8. The average Bonchev–Trinajstić information content (AvgIpc) is 2.71. The van der Waals surface area contributed by atoms with E-state index < -0.39 is 6.10 Å². The van der Waals surface area contributed by atoms with Crippen LogP contribution < -0.4 is 5.48 Å². The SMILES string of the molecule is CN(C[C@H](O)CONC1=CCCCC1=Cc1ccc(Cl)cc1)C1CCCCC1. The maximum absolute atomic E-state index is 10.4. The van der Waals surface area contributed by atoms with E-state index in [-0.39, 0.29) is 6.61 Å². The van der Waals surface area contributed by atoms with Gasteiger partial charge >= 0.3 is 0 Å². The molecular formula is C23H33ClN2O2. The van der Waals surface area contributed by atoms with Gasteiger partial charge in [-0.3, -0.25) is 10.3 Å². The summed E-state index contributed by atoms with van der Waals surface area (Å²) in [5.74, 6) is 0. The van der Waals surface area contributed by atoms with Crippen LogP contribution in [0, 0.1) is 0 Å². The summed E-state index contributed by atoms with van der Waals surface area (Å²) in [6.07, 6.45) is 13.5. The van der Waals surface area contributed by atoms with Crippen LogP contribution >= 0.6 is 11.6 Å². The molecule has 0 aromatic heterocycles. The Morgan fingerprint density at radius 1 is 1.21 bits per heavy atom. The van der Waals surface area contributed by atoms with E-state index in [0.717, 1.165) is 35.5 Å². The first-order chi connectivity index (χ1) is 13.6. The number of hydrogen-bond donors (Lipinski definition) is 2. The Balaban J connectivity index is 1.47. The molecule has 0 saturated heterocycles. The molecule has 0 unspecified atom stereocenters. The second-order valence-electron chi connectivity index (χ2n) is 8.03. The lowest BCUT2D eigenvalue weighted by Gasteiger charge is -2.32. The summed E-state index contributed by atoms with van der Waals surface area (Å²) in [6, 6.07) is 8.46. The molecule has 2 aliphatic rings. The number of nitrogens with zero attached hydrogens (tertiary/aromatic N) is 1. The zero-order valence-corrected chi connectivity index (χ0v) is 17.6. The first-order valence-electron chi connectivity index (χ1n) is 10.5. The van der Waals surface area contributed by atoms with E-state index in [4.69, 9.17) is 16.4 Å². The predicted molar refractivity (Wildman–Crippen MR) is 116 cm³/mol. The van der Waals surface area contributed by atoms with Crippen molar-refractivity contribution in [2.45, 2.75) is 63.5 Å². The van der Waals surface area contributed by atoms with Crippen molar-refractivity contribution in [3.8, 4) is 0 Å². The summed E-state index contributed by atoms with van der Waals surface area (Å²) >= 11 is 5.98. The first kappa shape index (κ1) is 21.4. The summed E-state index contributed by atoms with van der Waals surface area (Å²) in [7, 11) is 2.11. The van der Waals surface area contributed by atoms with E-state index >= 15 is 0 Å². The number of allylic oxidation sites excluding steroid dienone is 2. The van der Waals surface area contributed by atoms with Crippen LogP contribution in [0.15, 0.2) is 41.6 Å². The van der Waals surface area contributed by atoms with Gasteiger partial charge in [-0.25, -0.2) is 0 Å². The van der Waals surface area contributed by atoms with Gasteiger partial charge in [0.05, 0.1) is 11.8 Å². The van der Waals surface area contributed by atoms with Gasteiger partial charge in [-0.05, 0) is 68.5 Å². The Labute approximate surface area is 174 Å². The van der Waals surface area contributed by atoms with Gasteiger partial charge in [-0.2, -0.15) is 0 Å². The fraction of sp³-hybridized carbons (Fsp3) is 0.565. The normalized spacial score (nSPS) is 21.0. The van der Waals surface area contributed by atoms with Crippen LogP contribution in [0.25, 0.3) is 6.08 Å². The Morgan fingerprint density at radius 3 is 2.71 bits per heavy atom. The van der Waals surface area contributed by atoms with Gasteiger partial charge < -0.3 is 10.0 Å². The second-order valence-corrected chi connectivity index (χ2v) is 8.47. The van der Waals surface area contributed by atoms with Gasteiger partial charge in [-0.1, -0.05) is 49.1 Å². The molecule has 2 N–H and O–H groups in total. The third-order valence-corrected chi connectivity index (χ3v) is 5.96. The number of hydroxylamine groups is 1. The molecule has 1 saturated carbocycles. The van der Waals surface area contributed by atoms with E-state index in [2.05, 4.69) is 29.6 Å². The Hall–Kier alpha value is -1.33. The number of rotatable bonds is 8. The number of aliphatic hydroxyl groups is 1. The summed E-state index contributed by atoms with van der Waals surface area (Å²) in [5.41, 5.74) is 6.44. The Bertz CT molecular complexity index is 666. The van der Waals surface area contributed by atoms with Gasteiger partial charge in [0.25, 0.3) is 0 Å². The largest absolute Gasteiger partial charge is 0.389 e. The Kier molecular flexibility index (Phi) is 8.41. The van der Waals surface area contributed by atoms with Crippen LogP contribution in [-0.2, 0) is 4.84 Å². The van der Waals surface area contributed by atoms with Crippen LogP contribution in [0.5, 0.6) is 0 Å². The van der Waals surface area contributed by atoms with E-state index in [1.165, 1.54) is 37.7 Å². The molecule has 154 valence electrons. The minimum Gasteiger partial charge on any atom is -0.389 e. The lowest BCUT2D eigenvalue weighted by molar-refractivity contribution is -0.0212. The lowest BCUT2D eigenvalue weighted by Crippen LogP contribution is -2.40. The van der Waals surface area contributed by atoms with E-state index in [1.807, 2.05) is 24.3 Å². The fourth-order valence-electron chi connectivity index (χ4n) is 4.09. The van der Waals surface area contributed by atoms with Crippen molar-refractivity contribution in [1.82, 2.24) is 10.4 Å². The molecule has 0 aliphatic heterocycles. The maximum atomic E-state index is 10.4. The second kappa shape index (κ2) is 11.0. The summed E-state index contributed by atoms with van der Waals surface area (Å²) < 4.78 is 0. The van der Waals surface area contributed by atoms with Crippen LogP contribution in [-0.4, -0.2) is 42.4 Å². The minimum absolute atomic E-state index is 0.280. The van der Waals surface area contributed by atoms with E-state index in [0.29, 0.717) is 12.6 Å². The quantitative estimate of drug-likeness (QED) is 0.602. The van der Waals surface area contributed by atoms with Gasteiger partial charge in [0.1, 0.15) is 6.61 Å². The maximum Gasteiger partial charge on any atom is 0.102 e. The molecule has 0 amide bonds. The molecule has 2 aliphatic carbocycles. The summed E-state index contributed by atoms with van der Waals surface area (Å²) in [5, 5.41) is 11.1. The van der Waals surface area contributed by atoms with Crippen molar-refractivity contribution in [2.24, 2.45) is 0 Å². The molecule has 3 rings (SSSR count). The highest BCUT2D eigenvalue weighted by Crippen LogP contribution is 2.25. The predicted octanol–water partition coefficient (Wildman–Crippen LogP) is 4.94. The molecule has 4 nitrogen and oxygen atoms in total. The lowest BCUT2D eigenvalue weighted by atomic mass is 9.94. The molecule has 0 heterocycles. The van der Waals surface area contributed by atoms with Crippen LogP contribution in [0.4, 0.5) is 0 Å². The van der Waals surface area contributed by atoms with Crippen molar-refractivity contribution in [3.63, 3.8) is 0 Å². The first-order valence-corrected chi connectivity index (χ1v) is 10.9. The van der Waals surface area contributed by atoms with Gasteiger partial charge in [0.2, 0.25) is 0 Å². The van der Waals surface area contributed by atoms with Gasteiger partial charge in [-0.15, -0.1) is 0 Å². The van der Waals surface area contributed by atoms with Gasteiger partial charge in [0.15, 0.2) is 0 Å². The smallest absolute Gasteiger partial charge is 0.102 e. The minimum atomic E-state index is -0.493. The average molecular weight is 405 g/mol. The monoisotopic (exact) mass is 404 g/mol. The molecule has 1 fully saturated rings. The number of halogens is 1. The van der Waals surface area contributed by atoms with E-state index in [1.54, 1.807) is 0 Å². The highest BCUT2D eigenvalue weighted by molar-refractivity contribution is 6.30. The highest BCUT2D eigenvalue weighted by atomic mass is 35.5. The molecule has 1 atom stereocenters. The molecule has 1 aromatic carbocycles. The highest BCUT2D eigenvalue weighted by Gasteiger charge is 2.20. The molecule has 0 radical (unpaired) electrons.